The van der Waals surface area contributed by atoms with E-state index in [1.807, 2.05) is 25.1 Å². The highest BCUT2D eigenvalue weighted by molar-refractivity contribution is 9.10. The summed E-state index contributed by atoms with van der Waals surface area (Å²) in [5.74, 6) is 0.249. The summed E-state index contributed by atoms with van der Waals surface area (Å²) in [6.07, 6.45) is 0.260. The molecule has 2 aromatic heterocycles. The van der Waals surface area contributed by atoms with E-state index in [2.05, 4.69) is 21.2 Å². The Kier molecular flexibility index (Phi) is 4.66. The normalized spacial score (nSPS) is 16.1. The molecule has 1 unspecified atom stereocenters. The lowest BCUT2D eigenvalue weighted by Crippen LogP contribution is -2.25. The van der Waals surface area contributed by atoms with Crippen LogP contribution in [0.5, 0.6) is 0 Å². The second kappa shape index (κ2) is 7.09. The molecule has 29 heavy (non-hydrogen) atoms. The smallest absolute Gasteiger partial charge is 0.226 e. The molecule has 9 heteroatoms. The van der Waals surface area contributed by atoms with Crippen LogP contribution in [0.15, 0.2) is 40.9 Å². The molecule has 5 rings (SSSR count). The molecule has 0 fully saturated rings. The minimum absolute atomic E-state index is 0.108. The maximum absolute atomic E-state index is 12.6. The fourth-order valence-corrected chi connectivity index (χ4v) is 5.89. The van der Waals surface area contributed by atoms with Gasteiger partial charge in [-0.3, -0.25) is 4.79 Å². The van der Waals surface area contributed by atoms with Crippen molar-refractivity contribution >= 4 is 72.4 Å². The van der Waals surface area contributed by atoms with Gasteiger partial charge in [0.2, 0.25) is 11.0 Å². The van der Waals surface area contributed by atoms with E-state index in [0.717, 1.165) is 31.5 Å². The van der Waals surface area contributed by atoms with Crippen LogP contribution in [0.25, 0.3) is 15.3 Å². The van der Waals surface area contributed by atoms with E-state index in [9.17, 15) is 4.79 Å². The number of benzene rings is 2. The van der Waals surface area contributed by atoms with Crippen LogP contribution in [0.2, 0.25) is 10.0 Å². The first kappa shape index (κ1) is 19.1. The Morgan fingerprint density at radius 3 is 2.72 bits per heavy atom. The summed E-state index contributed by atoms with van der Waals surface area (Å²) in [6, 6.07) is 11.3. The van der Waals surface area contributed by atoms with Gasteiger partial charge in [0.15, 0.2) is 0 Å². The number of nitrogens with one attached hydrogen (secondary N) is 1. The second-order valence-corrected chi connectivity index (χ2v) is 9.55. The highest BCUT2D eigenvalue weighted by atomic mass is 79.9. The van der Waals surface area contributed by atoms with E-state index >= 15 is 0 Å². The fraction of sp³-hybridized carbons (Fsp3) is 0.150. The number of amides is 1. The van der Waals surface area contributed by atoms with Crippen molar-refractivity contribution in [3.05, 3.63) is 67.7 Å². The predicted molar refractivity (Wildman–Crippen MR) is 121 cm³/mol. The van der Waals surface area contributed by atoms with Crippen molar-refractivity contribution < 1.29 is 4.79 Å². The van der Waals surface area contributed by atoms with Crippen molar-refractivity contribution in [1.29, 1.82) is 0 Å². The summed E-state index contributed by atoms with van der Waals surface area (Å²) in [6.45, 7) is 1.93. The van der Waals surface area contributed by atoms with Gasteiger partial charge in [-0.2, -0.15) is 9.78 Å². The number of carbonyl (C=O) groups excluding carboxylic acids is 1. The lowest BCUT2D eigenvalue weighted by Gasteiger charge is -2.25. The van der Waals surface area contributed by atoms with Crippen molar-refractivity contribution in [2.24, 2.45) is 0 Å². The summed E-state index contributed by atoms with van der Waals surface area (Å²) in [4.78, 5) is 17.3. The molecule has 4 aromatic rings. The van der Waals surface area contributed by atoms with Gasteiger partial charge < -0.3 is 5.32 Å². The van der Waals surface area contributed by atoms with Crippen LogP contribution in [-0.2, 0) is 4.79 Å². The van der Waals surface area contributed by atoms with E-state index in [0.29, 0.717) is 21.0 Å². The van der Waals surface area contributed by atoms with E-state index in [4.69, 9.17) is 33.3 Å². The summed E-state index contributed by atoms with van der Waals surface area (Å²) in [5.41, 5.74) is 3.35. The van der Waals surface area contributed by atoms with Gasteiger partial charge in [-0.1, -0.05) is 56.5 Å². The molecule has 0 bridgehead atoms. The van der Waals surface area contributed by atoms with Crippen molar-refractivity contribution in [3.8, 4) is 5.13 Å². The van der Waals surface area contributed by atoms with Crippen LogP contribution in [0.3, 0.4) is 0 Å². The summed E-state index contributed by atoms with van der Waals surface area (Å²) < 4.78 is 3.72. The van der Waals surface area contributed by atoms with Gasteiger partial charge in [0.05, 0.1) is 15.9 Å². The number of hydrogen-bond donors (Lipinski definition) is 1. The quantitative estimate of drug-likeness (QED) is 0.344. The van der Waals surface area contributed by atoms with Crippen LogP contribution in [-0.4, -0.2) is 20.7 Å². The lowest BCUT2D eigenvalue weighted by molar-refractivity contribution is -0.116. The van der Waals surface area contributed by atoms with Crippen LogP contribution in [0.4, 0.5) is 5.82 Å². The molecule has 146 valence electrons. The van der Waals surface area contributed by atoms with Gasteiger partial charge in [-0.25, -0.2) is 4.98 Å². The number of rotatable bonds is 2. The third-order valence-electron chi connectivity index (χ3n) is 4.97. The third kappa shape index (κ3) is 3.17. The summed E-state index contributed by atoms with van der Waals surface area (Å²) in [5, 5.41) is 9.45. The van der Waals surface area contributed by atoms with Gasteiger partial charge >= 0.3 is 0 Å². The number of hydrogen-bond acceptors (Lipinski definition) is 4. The Labute approximate surface area is 188 Å². The molecule has 3 heterocycles. The van der Waals surface area contributed by atoms with Crippen LogP contribution in [0.1, 0.15) is 29.2 Å². The first-order chi connectivity index (χ1) is 13.9. The number of fused-ring (bicyclic) bond motifs is 2. The van der Waals surface area contributed by atoms with Crippen LogP contribution >= 0.6 is 50.5 Å². The highest BCUT2D eigenvalue weighted by Crippen LogP contribution is 2.45. The molecule has 5 nitrogen and oxygen atoms in total. The zero-order valence-electron chi connectivity index (χ0n) is 15.0. The summed E-state index contributed by atoms with van der Waals surface area (Å²) in [7, 11) is 0. The Hall–Kier alpha value is -1.93. The average Bonchev–Trinajstić information content (AvgIpc) is 3.22. The number of anilines is 1. The minimum atomic E-state index is -0.266. The SMILES string of the molecule is Cc1nn(-c2nc3ccc(Br)cc3s2)c2c1C(c1c(Cl)cccc1Cl)CC(=O)N2. The number of thiazole rings is 1. The Bertz CT molecular complexity index is 1280. The molecule has 1 atom stereocenters. The van der Waals surface area contributed by atoms with Crippen molar-refractivity contribution in [1.82, 2.24) is 14.8 Å². The van der Waals surface area contributed by atoms with Gasteiger partial charge in [-0.15, -0.1) is 0 Å². The zero-order chi connectivity index (χ0) is 20.3. The number of halogens is 3. The Balaban J connectivity index is 1.71. The van der Waals surface area contributed by atoms with E-state index in [-0.39, 0.29) is 18.2 Å². The topological polar surface area (TPSA) is 59.8 Å². The molecule has 0 aliphatic carbocycles. The molecule has 1 aliphatic heterocycles. The first-order valence-corrected chi connectivity index (χ1v) is 11.2. The second-order valence-electron chi connectivity index (χ2n) is 6.81. The number of carbonyl (C=O) groups is 1. The monoisotopic (exact) mass is 506 g/mol. The Morgan fingerprint density at radius 1 is 1.21 bits per heavy atom. The van der Waals surface area contributed by atoms with Gasteiger partial charge in [0, 0.05) is 32.4 Å². The number of aryl methyl sites for hydroxylation is 1. The van der Waals surface area contributed by atoms with E-state index in [1.165, 1.54) is 11.3 Å². The molecule has 0 saturated heterocycles. The van der Waals surface area contributed by atoms with Gasteiger partial charge in [0.25, 0.3) is 0 Å². The lowest BCUT2D eigenvalue weighted by atomic mass is 9.85. The van der Waals surface area contributed by atoms with Crippen molar-refractivity contribution in [2.75, 3.05) is 5.32 Å². The van der Waals surface area contributed by atoms with E-state index in [1.54, 1.807) is 22.9 Å². The van der Waals surface area contributed by atoms with Gasteiger partial charge in [0.1, 0.15) is 5.82 Å². The Morgan fingerprint density at radius 2 is 1.97 bits per heavy atom. The first-order valence-electron chi connectivity index (χ1n) is 8.82. The molecular weight excluding hydrogens is 495 g/mol. The highest BCUT2D eigenvalue weighted by Gasteiger charge is 2.35. The molecule has 0 saturated carbocycles. The molecule has 1 aliphatic rings. The largest absolute Gasteiger partial charge is 0.310 e. The summed E-state index contributed by atoms with van der Waals surface area (Å²) >= 11 is 17.9. The van der Waals surface area contributed by atoms with Crippen molar-refractivity contribution in [3.63, 3.8) is 0 Å². The van der Waals surface area contributed by atoms with Gasteiger partial charge in [-0.05, 0) is 42.8 Å². The molecule has 1 N–H and O–H groups in total. The molecule has 1 amide bonds. The third-order valence-corrected chi connectivity index (χ3v) is 7.12. The maximum atomic E-state index is 12.6. The molecule has 2 aromatic carbocycles. The average molecular weight is 508 g/mol. The van der Waals surface area contributed by atoms with Crippen LogP contribution in [0, 0.1) is 6.92 Å². The maximum Gasteiger partial charge on any atom is 0.226 e. The fourth-order valence-electron chi connectivity index (χ4n) is 3.75. The molecule has 0 spiro atoms. The zero-order valence-corrected chi connectivity index (χ0v) is 19.0. The molecular formula is C20H13BrCl2N4OS. The van der Waals surface area contributed by atoms with Crippen molar-refractivity contribution in [2.45, 2.75) is 19.3 Å². The standard InChI is InChI=1S/C20H13BrCl2N4OS/c1-9-17-11(18-12(22)3-2-4-13(18)23)8-16(28)25-19(17)27(26-9)20-24-14-6-5-10(21)7-15(14)29-20/h2-7,11H,8H2,1H3,(H,25,28). The molecule has 0 radical (unpaired) electrons. The minimum Gasteiger partial charge on any atom is -0.310 e. The number of nitrogens with zero attached hydrogens (tertiary/aromatic N) is 3. The van der Waals surface area contributed by atoms with E-state index < -0.39 is 0 Å². The predicted octanol–water partition coefficient (Wildman–Crippen LogP) is 6.33. The van der Waals surface area contributed by atoms with Crippen LogP contribution < -0.4 is 5.32 Å². The number of aromatic nitrogens is 3.